The molecule has 1 amide bonds. The van der Waals surface area contributed by atoms with Gasteiger partial charge in [0.15, 0.2) is 9.84 Å². The summed E-state index contributed by atoms with van der Waals surface area (Å²) < 4.78 is 67.9. The zero-order valence-corrected chi connectivity index (χ0v) is 29.7. The van der Waals surface area contributed by atoms with Gasteiger partial charge in [-0.2, -0.15) is 13.2 Å². The van der Waals surface area contributed by atoms with E-state index in [9.17, 15) is 26.4 Å². The molecular weight excluding hydrogens is 662 g/mol. The summed E-state index contributed by atoms with van der Waals surface area (Å²) in [5.74, 6) is -0.549. The molecule has 1 N–H and O–H groups in total. The highest BCUT2D eigenvalue weighted by Gasteiger charge is 2.33. The molecule has 11 heteroatoms. The maximum Gasteiger partial charge on any atom is 0.416 e. The molecule has 3 heterocycles. The van der Waals surface area contributed by atoms with Crippen LogP contribution < -0.4 is 5.32 Å². The number of carbonyl (C=O) groups excluding carboxylic acids is 1. The molecule has 0 aliphatic carbocycles. The van der Waals surface area contributed by atoms with E-state index in [1.807, 2.05) is 44.2 Å². The van der Waals surface area contributed by atoms with E-state index in [4.69, 9.17) is 4.98 Å². The summed E-state index contributed by atoms with van der Waals surface area (Å²) in [6.07, 6.45) is 1.01. The van der Waals surface area contributed by atoms with Gasteiger partial charge in [0.25, 0.3) is 5.91 Å². The number of carbonyl (C=O) groups is 1. The number of benzene rings is 3. The van der Waals surface area contributed by atoms with Crippen LogP contribution >= 0.6 is 0 Å². The topological polar surface area (TPSA) is 82.6 Å². The molecule has 6 rings (SSSR count). The molecule has 1 aromatic heterocycles. The summed E-state index contributed by atoms with van der Waals surface area (Å²) in [4.78, 5) is 24.4. The predicted octanol–water partition coefficient (Wildman–Crippen LogP) is 7.83. The fourth-order valence-corrected chi connectivity index (χ4v) is 8.26. The molecule has 0 radical (unpaired) electrons. The maximum atomic E-state index is 14.7. The Morgan fingerprint density at radius 2 is 1.56 bits per heavy atom. The van der Waals surface area contributed by atoms with Crippen molar-refractivity contribution in [2.24, 2.45) is 0 Å². The molecule has 0 saturated carbocycles. The average Bonchev–Trinajstić information content (AvgIpc) is 3.11. The number of hydrogen-bond donors (Lipinski definition) is 1. The van der Waals surface area contributed by atoms with Crippen molar-refractivity contribution in [3.63, 3.8) is 0 Å². The van der Waals surface area contributed by atoms with E-state index in [0.29, 0.717) is 23.5 Å². The Bertz CT molecular complexity index is 1950. The van der Waals surface area contributed by atoms with Crippen LogP contribution in [0.5, 0.6) is 0 Å². The van der Waals surface area contributed by atoms with Crippen LogP contribution in [-0.2, 0) is 28.1 Å². The number of hydrogen-bond acceptors (Lipinski definition) is 6. The first-order valence-electron chi connectivity index (χ1n) is 17.5. The zero-order chi connectivity index (χ0) is 35.7. The lowest BCUT2D eigenvalue weighted by atomic mass is 9.91. The van der Waals surface area contributed by atoms with Crippen molar-refractivity contribution < 1.29 is 26.4 Å². The van der Waals surface area contributed by atoms with Crippen molar-refractivity contribution in [3.05, 3.63) is 95.1 Å². The summed E-state index contributed by atoms with van der Waals surface area (Å²) in [6.45, 7) is 9.39. The van der Waals surface area contributed by atoms with Crippen molar-refractivity contribution in [2.45, 2.75) is 82.1 Å². The normalized spacial score (nSPS) is 17.2. The van der Waals surface area contributed by atoms with Gasteiger partial charge in [-0.25, -0.2) is 13.4 Å². The molecular formula is C39H45F3N4O3S. The Labute approximate surface area is 292 Å². The van der Waals surface area contributed by atoms with Crippen molar-refractivity contribution in [3.8, 4) is 11.3 Å². The van der Waals surface area contributed by atoms with Crippen LogP contribution in [0.25, 0.3) is 22.2 Å². The first-order valence-corrected chi connectivity index (χ1v) is 19.1. The van der Waals surface area contributed by atoms with Crippen molar-refractivity contribution in [1.82, 2.24) is 20.1 Å². The molecule has 2 saturated heterocycles. The Balaban J connectivity index is 1.50. The SMILES string of the molecule is CCS(=O)(=O)c1ccc2c(C(=O)NC(C)(C)c3ccccc3)c(CN3CCC(N4CCCCC4)CC3)c(-c3cccc(C(F)(F)F)c3)nc2c1. The number of sulfone groups is 1. The van der Waals surface area contributed by atoms with Gasteiger partial charge in [0, 0.05) is 29.1 Å². The van der Waals surface area contributed by atoms with Gasteiger partial charge in [-0.15, -0.1) is 0 Å². The lowest BCUT2D eigenvalue weighted by molar-refractivity contribution is -0.137. The second-order valence-corrected chi connectivity index (χ2v) is 16.3. The van der Waals surface area contributed by atoms with Crippen LogP contribution in [0.3, 0.4) is 0 Å². The molecule has 0 spiro atoms. The van der Waals surface area contributed by atoms with Crippen LogP contribution in [0.15, 0.2) is 77.7 Å². The van der Waals surface area contributed by atoms with Gasteiger partial charge >= 0.3 is 6.18 Å². The number of fused-ring (bicyclic) bond motifs is 1. The molecule has 3 aromatic carbocycles. The van der Waals surface area contributed by atoms with Crippen molar-refractivity contribution in [1.29, 1.82) is 0 Å². The van der Waals surface area contributed by atoms with Gasteiger partial charge in [-0.05, 0) is 95.5 Å². The van der Waals surface area contributed by atoms with Crippen molar-refractivity contribution >= 4 is 26.6 Å². The Kier molecular flexibility index (Phi) is 10.4. The number of pyridine rings is 1. The Hall–Kier alpha value is -3.80. The number of nitrogens with one attached hydrogen (secondary N) is 1. The average molecular weight is 707 g/mol. The van der Waals surface area contributed by atoms with E-state index in [2.05, 4.69) is 15.1 Å². The lowest BCUT2D eigenvalue weighted by Gasteiger charge is -2.40. The predicted molar refractivity (Wildman–Crippen MR) is 191 cm³/mol. The first kappa shape index (κ1) is 36.0. The second kappa shape index (κ2) is 14.4. The van der Waals surface area contributed by atoms with Crippen LogP contribution in [0.4, 0.5) is 13.2 Å². The zero-order valence-electron chi connectivity index (χ0n) is 28.9. The van der Waals surface area contributed by atoms with E-state index >= 15 is 0 Å². The Morgan fingerprint density at radius 1 is 0.880 bits per heavy atom. The van der Waals surface area contributed by atoms with Crippen molar-refractivity contribution in [2.75, 3.05) is 31.9 Å². The molecule has 7 nitrogen and oxygen atoms in total. The van der Waals surface area contributed by atoms with E-state index in [1.54, 1.807) is 19.1 Å². The fourth-order valence-electron chi connectivity index (χ4n) is 7.36. The Morgan fingerprint density at radius 3 is 2.22 bits per heavy atom. The van der Waals surface area contributed by atoms with E-state index in [1.165, 1.54) is 37.5 Å². The molecule has 4 aromatic rings. The number of likely N-dealkylation sites (tertiary alicyclic amines) is 2. The highest BCUT2D eigenvalue weighted by atomic mass is 32.2. The van der Waals surface area contributed by atoms with Gasteiger partial charge in [-0.3, -0.25) is 9.69 Å². The summed E-state index contributed by atoms with van der Waals surface area (Å²) in [7, 11) is -3.64. The standard InChI is InChI=1S/C39H45F3N4O3S/c1-4-50(48,49)31-16-17-32-34(25-31)43-36(27-12-11-15-29(24-27)39(40,41)42)33(26-45-22-18-30(19-23-45)46-20-9-6-10-21-46)35(32)37(47)44-38(2,3)28-13-7-5-8-14-28/h5,7-8,11-17,24-25,30H,4,6,9-10,18-23,26H2,1-3H3,(H,44,47). The number of nitrogens with zero attached hydrogens (tertiary/aromatic N) is 3. The third kappa shape index (κ3) is 7.75. The second-order valence-electron chi connectivity index (χ2n) is 14.0. The fraction of sp³-hybridized carbons (Fsp3) is 0.436. The van der Waals surface area contributed by atoms with Gasteiger partial charge in [-0.1, -0.05) is 61.9 Å². The molecule has 2 aliphatic heterocycles. The molecule has 2 aliphatic rings. The monoisotopic (exact) mass is 706 g/mol. The number of alkyl halides is 3. The molecule has 0 atom stereocenters. The van der Waals surface area contributed by atoms with Crippen LogP contribution in [-0.4, -0.2) is 67.1 Å². The quantitative estimate of drug-likeness (QED) is 0.191. The molecule has 2 fully saturated rings. The number of rotatable bonds is 9. The van der Waals surface area contributed by atoms with Gasteiger partial charge in [0.2, 0.25) is 0 Å². The van der Waals surface area contributed by atoms with E-state index < -0.39 is 33.0 Å². The first-order chi connectivity index (χ1) is 23.8. The van der Waals surface area contributed by atoms with Crippen LogP contribution in [0.2, 0.25) is 0 Å². The summed E-state index contributed by atoms with van der Waals surface area (Å²) in [5.41, 5.74) is 0.703. The molecule has 0 bridgehead atoms. The summed E-state index contributed by atoms with van der Waals surface area (Å²) >= 11 is 0. The largest absolute Gasteiger partial charge is 0.416 e. The number of aromatic nitrogens is 1. The highest BCUT2D eigenvalue weighted by molar-refractivity contribution is 7.91. The van der Waals surface area contributed by atoms with Gasteiger partial charge in [0.1, 0.15) is 0 Å². The maximum absolute atomic E-state index is 14.7. The highest BCUT2D eigenvalue weighted by Crippen LogP contribution is 2.37. The number of amides is 1. The minimum atomic E-state index is -4.59. The van der Waals surface area contributed by atoms with E-state index in [0.717, 1.165) is 56.7 Å². The van der Waals surface area contributed by atoms with Gasteiger partial charge in [0.05, 0.1) is 38.5 Å². The van der Waals surface area contributed by atoms with Crippen LogP contribution in [0.1, 0.15) is 79.9 Å². The van der Waals surface area contributed by atoms with E-state index in [-0.39, 0.29) is 33.0 Å². The lowest BCUT2D eigenvalue weighted by Crippen LogP contribution is -2.46. The smallest absolute Gasteiger partial charge is 0.343 e. The number of halogens is 3. The van der Waals surface area contributed by atoms with Gasteiger partial charge < -0.3 is 10.2 Å². The summed E-state index contributed by atoms with van der Waals surface area (Å²) in [6, 6.07) is 19.5. The molecule has 266 valence electrons. The minimum absolute atomic E-state index is 0.0403. The third-order valence-corrected chi connectivity index (χ3v) is 12.0. The number of piperidine rings is 2. The molecule has 0 unspecified atom stereocenters. The molecule has 50 heavy (non-hydrogen) atoms. The third-order valence-electron chi connectivity index (χ3n) is 10.3. The minimum Gasteiger partial charge on any atom is -0.343 e. The van der Waals surface area contributed by atoms with Crippen LogP contribution in [0, 0.1) is 0 Å². The summed E-state index contributed by atoms with van der Waals surface area (Å²) in [5, 5.41) is 3.63.